The van der Waals surface area contributed by atoms with Crippen LogP contribution in [0.2, 0.25) is 0 Å². The highest BCUT2D eigenvalue weighted by Gasteiger charge is 2.67. The molecule has 0 radical (unpaired) electrons. The summed E-state index contributed by atoms with van der Waals surface area (Å²) < 4.78 is 10.3. The molecule has 0 spiro atoms. The molecular formula is C19H22N6O5S. The number of aliphatic hydroxyl groups is 1. The highest BCUT2D eigenvalue weighted by Crippen LogP contribution is 2.68. The minimum atomic E-state index is -0.770. The van der Waals surface area contributed by atoms with Gasteiger partial charge in [0.2, 0.25) is 16.0 Å². The lowest BCUT2D eigenvalue weighted by molar-refractivity contribution is -0.146. The molecule has 2 heterocycles. The molecule has 3 saturated carbocycles. The van der Waals surface area contributed by atoms with Gasteiger partial charge in [-0.05, 0) is 38.5 Å². The second-order valence-corrected chi connectivity index (χ2v) is 8.85. The first kappa shape index (κ1) is 21.0. The van der Waals surface area contributed by atoms with Gasteiger partial charge in [0, 0.05) is 29.3 Å². The average molecular weight is 446 g/mol. The van der Waals surface area contributed by atoms with Crippen molar-refractivity contribution in [2.75, 3.05) is 24.4 Å². The summed E-state index contributed by atoms with van der Waals surface area (Å²) in [6, 6.07) is 1.43. The van der Waals surface area contributed by atoms with Gasteiger partial charge in [-0.3, -0.25) is 10.1 Å². The van der Waals surface area contributed by atoms with E-state index in [1.54, 1.807) is 13.0 Å². The zero-order chi connectivity index (χ0) is 22.2. The van der Waals surface area contributed by atoms with Crippen LogP contribution in [0.5, 0.6) is 5.75 Å². The molecule has 2 aromatic heterocycles. The van der Waals surface area contributed by atoms with Crippen LogP contribution in [0.1, 0.15) is 36.7 Å². The van der Waals surface area contributed by atoms with E-state index < -0.39 is 11.5 Å². The number of rotatable bonds is 8. The summed E-state index contributed by atoms with van der Waals surface area (Å²) in [7, 11) is 1.36. The molecule has 0 saturated heterocycles. The number of aliphatic imine (C=N–C) groups is 1. The summed E-state index contributed by atoms with van der Waals surface area (Å²) in [5.41, 5.74) is 5.34. The van der Waals surface area contributed by atoms with Crippen LogP contribution in [0.15, 0.2) is 32.5 Å². The number of ether oxygens (including phenoxy) is 1. The molecule has 0 aromatic carbocycles. The molecule has 5 N–H and O–H groups in total. The monoisotopic (exact) mass is 446 g/mol. The van der Waals surface area contributed by atoms with Crippen molar-refractivity contribution in [1.82, 2.24) is 10.2 Å². The topological polar surface area (TPSA) is 165 Å². The highest BCUT2D eigenvalue weighted by molar-refractivity contribution is 7.18. The Kier molecular flexibility index (Phi) is 5.27. The quantitative estimate of drug-likeness (QED) is 0.441. The maximum absolute atomic E-state index is 12.6. The average Bonchev–Trinajstić information content (AvgIpc) is 3.09. The standard InChI is InChI=1S/C19H22N6O5S/c1-10(3-4-20)21-16-24-25-17(31-16)22-14(27)12-5-11(13(29-2)15(28)30-12)23-19-6-18(7-19,8-19)9-26/h3-5,23,26H,6-9,20H2,1-2H3,(H,22,25,27)/b4-3-,21-10+. The van der Waals surface area contributed by atoms with Crippen LogP contribution >= 0.6 is 11.3 Å². The van der Waals surface area contributed by atoms with E-state index in [4.69, 9.17) is 14.9 Å². The zero-order valence-corrected chi connectivity index (χ0v) is 17.8. The van der Waals surface area contributed by atoms with Crippen LogP contribution in [0, 0.1) is 5.41 Å². The third-order valence-corrected chi connectivity index (χ3v) is 6.19. The van der Waals surface area contributed by atoms with Crippen molar-refractivity contribution in [1.29, 1.82) is 0 Å². The number of aromatic nitrogens is 2. The van der Waals surface area contributed by atoms with E-state index >= 15 is 0 Å². The molecule has 5 rings (SSSR count). The van der Waals surface area contributed by atoms with Crippen LogP contribution in [0.4, 0.5) is 16.0 Å². The maximum atomic E-state index is 12.6. The SMILES string of the molecule is COc1c(NC23CC(CO)(C2)C3)cc(C(=O)Nc2nnc(/N=C(C)/C=C\N)s2)oc1=O. The number of hydrogen-bond acceptors (Lipinski definition) is 11. The molecule has 31 heavy (non-hydrogen) atoms. The van der Waals surface area contributed by atoms with Gasteiger partial charge < -0.3 is 25.3 Å². The van der Waals surface area contributed by atoms with Crippen molar-refractivity contribution in [2.24, 2.45) is 16.1 Å². The Bertz CT molecular complexity index is 1120. The molecule has 164 valence electrons. The number of carbonyl (C=O) groups is 1. The minimum absolute atomic E-state index is 0.00436. The van der Waals surface area contributed by atoms with Crippen LogP contribution in [-0.4, -0.2) is 46.2 Å². The van der Waals surface area contributed by atoms with Gasteiger partial charge in [0.15, 0.2) is 5.76 Å². The fourth-order valence-electron chi connectivity index (χ4n) is 4.26. The van der Waals surface area contributed by atoms with E-state index in [9.17, 15) is 14.7 Å². The molecule has 0 aliphatic heterocycles. The van der Waals surface area contributed by atoms with Gasteiger partial charge >= 0.3 is 5.63 Å². The van der Waals surface area contributed by atoms with Crippen molar-refractivity contribution in [3.63, 3.8) is 0 Å². The summed E-state index contributed by atoms with van der Waals surface area (Å²) in [5.74, 6) is -0.855. The molecule has 2 aromatic rings. The summed E-state index contributed by atoms with van der Waals surface area (Å²) in [4.78, 5) is 29.2. The lowest BCUT2D eigenvalue weighted by atomic mass is 9.39. The molecule has 11 nitrogen and oxygen atoms in total. The van der Waals surface area contributed by atoms with E-state index in [0.29, 0.717) is 16.5 Å². The maximum Gasteiger partial charge on any atom is 0.381 e. The van der Waals surface area contributed by atoms with Crippen LogP contribution < -0.4 is 26.7 Å². The Hall–Kier alpha value is -3.25. The highest BCUT2D eigenvalue weighted by atomic mass is 32.1. The van der Waals surface area contributed by atoms with Gasteiger partial charge in [-0.1, -0.05) is 11.3 Å². The van der Waals surface area contributed by atoms with Crippen molar-refractivity contribution >= 4 is 38.9 Å². The Morgan fingerprint density at radius 3 is 2.84 bits per heavy atom. The van der Waals surface area contributed by atoms with Gasteiger partial charge in [0.25, 0.3) is 5.91 Å². The van der Waals surface area contributed by atoms with E-state index in [-0.39, 0.29) is 34.2 Å². The smallest absolute Gasteiger partial charge is 0.381 e. The molecule has 3 fully saturated rings. The molecule has 3 aliphatic rings. The van der Waals surface area contributed by atoms with Crippen molar-refractivity contribution < 1.29 is 19.1 Å². The summed E-state index contributed by atoms with van der Waals surface area (Å²) in [6.07, 6.45) is 5.36. The Balaban J connectivity index is 1.51. The summed E-state index contributed by atoms with van der Waals surface area (Å²) >= 11 is 1.06. The number of allylic oxidation sites excluding steroid dienone is 1. The number of carbonyl (C=O) groups excluding carboxylic acids is 1. The van der Waals surface area contributed by atoms with Gasteiger partial charge in [-0.25, -0.2) is 9.79 Å². The van der Waals surface area contributed by atoms with Crippen LogP contribution in [0.25, 0.3) is 0 Å². The summed E-state index contributed by atoms with van der Waals surface area (Å²) in [6.45, 7) is 1.89. The largest absolute Gasteiger partial charge is 0.488 e. The number of nitrogens with zero attached hydrogens (tertiary/aromatic N) is 3. The number of anilines is 2. The molecule has 0 unspecified atom stereocenters. The number of methoxy groups -OCH3 is 1. The first-order chi connectivity index (χ1) is 14.8. The zero-order valence-electron chi connectivity index (χ0n) is 17.0. The minimum Gasteiger partial charge on any atom is -0.488 e. The van der Waals surface area contributed by atoms with Crippen LogP contribution in [-0.2, 0) is 0 Å². The second-order valence-electron chi connectivity index (χ2n) is 7.90. The predicted molar refractivity (Wildman–Crippen MR) is 115 cm³/mol. The van der Waals surface area contributed by atoms with E-state index in [1.807, 2.05) is 0 Å². The number of aliphatic hydroxyl groups excluding tert-OH is 1. The Labute approximate surface area is 181 Å². The Morgan fingerprint density at radius 1 is 1.45 bits per heavy atom. The normalized spacial score (nSPS) is 24.4. The van der Waals surface area contributed by atoms with Crippen molar-refractivity contribution in [3.05, 3.63) is 34.5 Å². The lowest BCUT2D eigenvalue weighted by Gasteiger charge is -2.70. The fourth-order valence-corrected chi connectivity index (χ4v) is 4.93. The third kappa shape index (κ3) is 3.91. The Morgan fingerprint density at radius 2 is 2.19 bits per heavy atom. The molecule has 2 bridgehead atoms. The fraction of sp³-hybridized carbons (Fsp3) is 0.421. The predicted octanol–water partition coefficient (Wildman–Crippen LogP) is 1.64. The molecule has 0 atom stereocenters. The van der Waals surface area contributed by atoms with Crippen molar-refractivity contribution in [2.45, 2.75) is 31.7 Å². The molecule has 1 amide bonds. The van der Waals surface area contributed by atoms with Crippen LogP contribution in [0.3, 0.4) is 0 Å². The lowest BCUT2D eigenvalue weighted by Crippen LogP contribution is -2.72. The van der Waals surface area contributed by atoms with E-state index in [2.05, 4.69) is 25.8 Å². The molecule has 12 heteroatoms. The second kappa shape index (κ2) is 7.78. The summed E-state index contributed by atoms with van der Waals surface area (Å²) in [5, 5.41) is 23.6. The first-order valence-electron chi connectivity index (χ1n) is 9.51. The molecular weight excluding hydrogens is 424 g/mol. The van der Waals surface area contributed by atoms with Gasteiger partial charge in [-0.2, -0.15) is 0 Å². The van der Waals surface area contributed by atoms with E-state index in [0.717, 1.165) is 30.6 Å². The molecule has 3 aliphatic carbocycles. The number of nitrogens with two attached hydrogens (primary N) is 1. The number of hydrogen-bond donors (Lipinski definition) is 4. The van der Waals surface area contributed by atoms with Gasteiger partial charge in [-0.15, -0.1) is 10.2 Å². The van der Waals surface area contributed by atoms with Gasteiger partial charge in [0.1, 0.15) is 0 Å². The first-order valence-corrected chi connectivity index (χ1v) is 10.3. The van der Waals surface area contributed by atoms with Gasteiger partial charge in [0.05, 0.1) is 12.8 Å². The number of amides is 1. The number of nitrogens with one attached hydrogen (secondary N) is 2. The van der Waals surface area contributed by atoms with E-state index in [1.165, 1.54) is 19.4 Å². The third-order valence-electron chi connectivity index (χ3n) is 5.46. The van der Waals surface area contributed by atoms with Crippen molar-refractivity contribution in [3.8, 4) is 5.75 Å².